The predicted molar refractivity (Wildman–Crippen MR) is 125 cm³/mol. The Morgan fingerprint density at radius 3 is 2.53 bits per heavy atom. The highest BCUT2D eigenvalue weighted by Gasteiger charge is 2.27. The van der Waals surface area contributed by atoms with Crippen molar-refractivity contribution in [3.8, 4) is 22.9 Å². The summed E-state index contributed by atoms with van der Waals surface area (Å²) in [4.78, 5) is 15.0. The molecule has 9 heteroatoms. The molecule has 2 aromatic rings. The zero-order valence-corrected chi connectivity index (χ0v) is 20.5. The van der Waals surface area contributed by atoms with Crippen LogP contribution in [0.4, 0.5) is 0 Å². The van der Waals surface area contributed by atoms with E-state index < -0.39 is 0 Å². The number of likely N-dealkylation sites (tertiary alicyclic amines) is 1. The summed E-state index contributed by atoms with van der Waals surface area (Å²) in [6, 6.07) is 5.70. The van der Waals surface area contributed by atoms with Gasteiger partial charge in [0.25, 0.3) is 0 Å². The molecule has 0 aliphatic carbocycles. The number of hydrogen-bond acceptors (Lipinski definition) is 7. The van der Waals surface area contributed by atoms with Gasteiger partial charge >= 0.3 is 0 Å². The molecule has 1 aromatic carbocycles. The molecule has 0 N–H and O–H groups in total. The molecule has 1 amide bonds. The van der Waals surface area contributed by atoms with Crippen LogP contribution in [0.5, 0.6) is 11.5 Å². The van der Waals surface area contributed by atoms with Gasteiger partial charge in [-0.25, -0.2) is 0 Å². The molecule has 1 aromatic heterocycles. The van der Waals surface area contributed by atoms with E-state index in [1.54, 1.807) is 21.3 Å². The topological polar surface area (TPSA) is 78.7 Å². The van der Waals surface area contributed by atoms with Gasteiger partial charge < -0.3 is 23.7 Å². The molecule has 32 heavy (non-hydrogen) atoms. The minimum atomic E-state index is -0.230. The van der Waals surface area contributed by atoms with Gasteiger partial charge in [-0.2, -0.15) is 0 Å². The van der Waals surface area contributed by atoms with E-state index >= 15 is 0 Å². The Hall–Kier alpha value is -2.26. The van der Waals surface area contributed by atoms with Gasteiger partial charge in [0.15, 0.2) is 22.5 Å². The molecular formula is C23H34N4O4S. The largest absolute Gasteiger partial charge is 0.493 e. The number of hydrogen-bond donors (Lipinski definition) is 0. The number of carbonyl (C=O) groups excluding carboxylic acids is 1. The smallest absolute Gasteiger partial charge is 0.235 e. The van der Waals surface area contributed by atoms with Crippen LogP contribution < -0.4 is 9.47 Å². The first kappa shape index (κ1) is 24.4. The van der Waals surface area contributed by atoms with Crippen molar-refractivity contribution in [3.63, 3.8) is 0 Å². The molecule has 0 radical (unpaired) electrons. The van der Waals surface area contributed by atoms with Crippen molar-refractivity contribution >= 4 is 17.7 Å². The lowest BCUT2D eigenvalue weighted by Gasteiger charge is -2.32. The summed E-state index contributed by atoms with van der Waals surface area (Å²) in [5.41, 5.74) is 0.878. The Morgan fingerprint density at radius 1 is 1.16 bits per heavy atom. The molecule has 3 rings (SSSR count). The number of aromatic nitrogens is 3. The molecule has 1 aliphatic rings. The van der Waals surface area contributed by atoms with E-state index in [1.807, 2.05) is 30.0 Å². The molecule has 1 fully saturated rings. The number of carbonyl (C=O) groups is 1. The highest BCUT2D eigenvalue weighted by atomic mass is 32.2. The van der Waals surface area contributed by atoms with E-state index in [0.29, 0.717) is 30.6 Å². The maximum Gasteiger partial charge on any atom is 0.235 e. The fraction of sp³-hybridized carbons (Fsp3) is 0.609. The summed E-state index contributed by atoms with van der Waals surface area (Å²) < 4.78 is 18.1. The second-order valence-corrected chi connectivity index (χ2v) is 9.45. The normalized spacial score (nSPS) is 15.6. The van der Waals surface area contributed by atoms with Gasteiger partial charge in [0.2, 0.25) is 5.91 Å². The van der Waals surface area contributed by atoms with Gasteiger partial charge in [0.1, 0.15) is 0 Å². The fourth-order valence-electron chi connectivity index (χ4n) is 3.83. The lowest BCUT2D eigenvalue weighted by atomic mass is 9.99. The molecule has 1 atom stereocenters. The molecule has 176 valence electrons. The quantitative estimate of drug-likeness (QED) is 0.393. The third-order valence-corrected chi connectivity index (χ3v) is 6.88. The van der Waals surface area contributed by atoms with Crippen LogP contribution >= 0.6 is 11.8 Å². The van der Waals surface area contributed by atoms with E-state index in [4.69, 9.17) is 14.2 Å². The van der Waals surface area contributed by atoms with Crippen LogP contribution in [0.15, 0.2) is 23.4 Å². The Morgan fingerprint density at radius 2 is 1.88 bits per heavy atom. The van der Waals surface area contributed by atoms with Gasteiger partial charge in [-0.05, 0) is 50.3 Å². The maximum atomic E-state index is 13.0. The van der Waals surface area contributed by atoms with Gasteiger partial charge in [-0.15, -0.1) is 10.2 Å². The molecule has 1 aliphatic heterocycles. The average molecular weight is 463 g/mol. The highest BCUT2D eigenvalue weighted by Crippen LogP contribution is 2.34. The van der Waals surface area contributed by atoms with E-state index in [1.165, 1.54) is 11.8 Å². The Kier molecular flexibility index (Phi) is 8.81. The lowest BCUT2D eigenvalue weighted by molar-refractivity contribution is -0.131. The van der Waals surface area contributed by atoms with E-state index in [0.717, 1.165) is 48.9 Å². The van der Waals surface area contributed by atoms with Crippen molar-refractivity contribution in [3.05, 3.63) is 18.2 Å². The van der Waals surface area contributed by atoms with Crippen LogP contribution in [0.25, 0.3) is 11.4 Å². The standard InChI is InChI=1S/C23H34N4O4S/c1-16-9-12-26(13-10-16)22(28)17(2)32-23-25-24-21(27(23)11-6-14-29-3)18-7-8-19(30-4)20(15-18)31-5/h7-8,15-17H,6,9-14H2,1-5H3. The van der Waals surface area contributed by atoms with Gasteiger partial charge in [0, 0.05) is 38.9 Å². The second-order valence-electron chi connectivity index (χ2n) is 8.14. The SMILES string of the molecule is COCCCn1c(SC(C)C(=O)N2CCC(C)CC2)nnc1-c1ccc(OC)c(OC)c1. The van der Waals surface area contributed by atoms with Crippen LogP contribution in [0, 0.1) is 5.92 Å². The highest BCUT2D eigenvalue weighted by molar-refractivity contribution is 8.00. The first-order chi connectivity index (χ1) is 15.5. The van der Waals surface area contributed by atoms with Gasteiger partial charge in [-0.1, -0.05) is 18.7 Å². The molecule has 1 unspecified atom stereocenters. The predicted octanol–water partition coefficient (Wildman–Crippen LogP) is 3.74. The van der Waals surface area contributed by atoms with Crippen LogP contribution in [0.2, 0.25) is 0 Å². The average Bonchev–Trinajstić information content (AvgIpc) is 3.20. The van der Waals surface area contributed by atoms with E-state index in [2.05, 4.69) is 21.7 Å². The zero-order chi connectivity index (χ0) is 23.1. The summed E-state index contributed by atoms with van der Waals surface area (Å²) in [5, 5.41) is 9.41. The molecular weight excluding hydrogens is 428 g/mol. The van der Waals surface area contributed by atoms with Gasteiger partial charge in [0.05, 0.1) is 19.5 Å². The van der Waals surface area contributed by atoms with Crippen molar-refractivity contribution in [2.24, 2.45) is 5.92 Å². The van der Waals surface area contributed by atoms with Crippen LogP contribution in [-0.4, -0.2) is 71.8 Å². The van der Waals surface area contributed by atoms with Crippen LogP contribution in [-0.2, 0) is 16.1 Å². The molecule has 2 heterocycles. The number of benzene rings is 1. The maximum absolute atomic E-state index is 13.0. The monoisotopic (exact) mass is 462 g/mol. The molecule has 0 saturated carbocycles. The fourth-order valence-corrected chi connectivity index (χ4v) is 4.79. The van der Waals surface area contributed by atoms with Crippen molar-refractivity contribution in [1.82, 2.24) is 19.7 Å². The lowest BCUT2D eigenvalue weighted by Crippen LogP contribution is -2.41. The van der Waals surface area contributed by atoms with Crippen molar-refractivity contribution in [2.45, 2.75) is 50.1 Å². The van der Waals surface area contributed by atoms with Crippen molar-refractivity contribution in [2.75, 3.05) is 41.0 Å². The van der Waals surface area contributed by atoms with Crippen LogP contribution in [0.3, 0.4) is 0 Å². The summed E-state index contributed by atoms with van der Waals surface area (Å²) in [6.07, 6.45) is 2.95. The van der Waals surface area contributed by atoms with Crippen LogP contribution in [0.1, 0.15) is 33.1 Å². The second kappa shape index (κ2) is 11.6. The number of thioether (sulfide) groups is 1. The van der Waals surface area contributed by atoms with E-state index in [-0.39, 0.29) is 11.2 Å². The summed E-state index contributed by atoms with van der Waals surface area (Å²) in [7, 11) is 4.92. The van der Waals surface area contributed by atoms with E-state index in [9.17, 15) is 4.79 Å². The summed E-state index contributed by atoms with van der Waals surface area (Å²) in [6.45, 7) is 7.20. The number of nitrogens with zero attached hydrogens (tertiary/aromatic N) is 4. The first-order valence-electron chi connectivity index (χ1n) is 11.1. The number of rotatable bonds is 10. The number of piperidine rings is 1. The molecule has 0 spiro atoms. The van der Waals surface area contributed by atoms with Gasteiger partial charge in [-0.3, -0.25) is 4.79 Å². The third-order valence-electron chi connectivity index (χ3n) is 5.81. The van der Waals surface area contributed by atoms with Crippen molar-refractivity contribution < 1.29 is 19.0 Å². The summed E-state index contributed by atoms with van der Waals surface area (Å²) in [5.74, 6) is 2.88. The Labute approximate surface area is 194 Å². The Bertz CT molecular complexity index is 896. The minimum absolute atomic E-state index is 0.168. The third kappa shape index (κ3) is 5.75. The number of methoxy groups -OCH3 is 3. The molecule has 8 nitrogen and oxygen atoms in total. The first-order valence-corrected chi connectivity index (χ1v) is 12.0. The van der Waals surface area contributed by atoms with Crippen molar-refractivity contribution in [1.29, 1.82) is 0 Å². The Balaban J connectivity index is 1.83. The minimum Gasteiger partial charge on any atom is -0.493 e. The zero-order valence-electron chi connectivity index (χ0n) is 19.7. The molecule has 0 bridgehead atoms. The molecule has 1 saturated heterocycles. The summed E-state index contributed by atoms with van der Waals surface area (Å²) >= 11 is 1.47. The number of ether oxygens (including phenoxy) is 3. The number of amides is 1.